The van der Waals surface area contributed by atoms with E-state index in [1.165, 1.54) is 28.5 Å². The van der Waals surface area contributed by atoms with Crippen molar-refractivity contribution in [2.75, 3.05) is 11.5 Å². The highest BCUT2D eigenvalue weighted by molar-refractivity contribution is 7.99. The Kier molecular flexibility index (Phi) is 14.7. The van der Waals surface area contributed by atoms with E-state index in [1.54, 1.807) is 6.92 Å². The molecule has 1 fully saturated rings. The summed E-state index contributed by atoms with van der Waals surface area (Å²) in [5.74, 6) is -1.11. The molecule has 1 saturated carbocycles. The minimum Gasteiger partial charge on any atom is -0.480 e. The molecule has 0 radical (unpaired) electrons. The lowest BCUT2D eigenvalue weighted by Gasteiger charge is -2.25. The third kappa shape index (κ3) is 13.1. The van der Waals surface area contributed by atoms with E-state index in [0.29, 0.717) is 25.0 Å². The van der Waals surface area contributed by atoms with Crippen LogP contribution in [-0.2, 0) is 19.6 Å². The van der Waals surface area contributed by atoms with Crippen molar-refractivity contribution in [1.82, 2.24) is 10.0 Å². The van der Waals surface area contributed by atoms with Crippen LogP contribution in [0.4, 0.5) is 0 Å². The summed E-state index contributed by atoms with van der Waals surface area (Å²) < 4.78 is 27.3. The summed E-state index contributed by atoms with van der Waals surface area (Å²) in [6.07, 6.45) is 12.5. The van der Waals surface area contributed by atoms with Crippen LogP contribution in [0.3, 0.4) is 0 Å². The van der Waals surface area contributed by atoms with Gasteiger partial charge in [-0.05, 0) is 72.1 Å². The van der Waals surface area contributed by atoms with Gasteiger partial charge in [0.25, 0.3) is 0 Å². The molecule has 0 aliphatic heterocycles. The lowest BCUT2D eigenvalue weighted by Crippen LogP contribution is -2.55. The van der Waals surface area contributed by atoms with Crippen LogP contribution in [0.5, 0.6) is 0 Å². The first-order chi connectivity index (χ1) is 16.9. The molecule has 0 aromatic carbocycles. The zero-order valence-corrected chi connectivity index (χ0v) is 24.4. The minimum absolute atomic E-state index is 0.205. The van der Waals surface area contributed by atoms with Crippen molar-refractivity contribution >= 4 is 33.7 Å². The Morgan fingerprint density at radius 2 is 1.61 bits per heavy atom. The molecule has 3 N–H and O–H groups in total. The maximum Gasteiger partial charge on any atom is 0.327 e. The lowest BCUT2D eigenvalue weighted by atomic mass is 9.99. The molecule has 0 bridgehead atoms. The number of carboxylic acids is 1. The fraction of sp³-hybridized carbons (Fsp3) is 0.704. The van der Waals surface area contributed by atoms with Crippen molar-refractivity contribution in [2.45, 2.75) is 104 Å². The lowest BCUT2D eigenvalue weighted by molar-refractivity contribution is -0.141. The van der Waals surface area contributed by atoms with Crippen molar-refractivity contribution in [3.63, 3.8) is 0 Å². The van der Waals surface area contributed by atoms with Gasteiger partial charge in [-0.25, -0.2) is 17.9 Å². The molecule has 1 rings (SSSR count). The fourth-order valence-corrected chi connectivity index (χ4v) is 6.12. The van der Waals surface area contributed by atoms with Gasteiger partial charge in [0.1, 0.15) is 12.1 Å². The first-order valence-electron chi connectivity index (χ1n) is 12.9. The number of carbonyl (C=O) groups excluding carboxylic acids is 1. The summed E-state index contributed by atoms with van der Waals surface area (Å²) >= 11 is 1.43. The van der Waals surface area contributed by atoms with E-state index in [1.807, 2.05) is 6.92 Å². The van der Waals surface area contributed by atoms with Gasteiger partial charge >= 0.3 is 5.97 Å². The predicted molar refractivity (Wildman–Crippen MR) is 151 cm³/mol. The van der Waals surface area contributed by atoms with Crippen molar-refractivity contribution in [3.8, 4) is 0 Å². The van der Waals surface area contributed by atoms with E-state index in [9.17, 15) is 23.1 Å². The van der Waals surface area contributed by atoms with Gasteiger partial charge < -0.3 is 10.4 Å². The molecule has 0 aromatic heterocycles. The first-order valence-corrected chi connectivity index (χ1v) is 15.6. The second-order valence-corrected chi connectivity index (χ2v) is 13.2. The molecule has 0 spiro atoms. The summed E-state index contributed by atoms with van der Waals surface area (Å²) in [7, 11) is -3.57. The first kappa shape index (κ1) is 32.4. The number of sulfonamides is 1. The minimum atomic E-state index is -3.57. The van der Waals surface area contributed by atoms with Crippen LogP contribution in [0.25, 0.3) is 0 Å². The van der Waals surface area contributed by atoms with Crippen LogP contribution < -0.4 is 10.0 Å². The van der Waals surface area contributed by atoms with E-state index in [-0.39, 0.29) is 11.7 Å². The zero-order chi connectivity index (χ0) is 27.3. The standard InChI is InChI=1S/C27H46N2O5S2/c1-7-22(6)25(29-36(33,34)23-14-15-23)26(30)28-24(27(31)32)18-35-17-16-21(5)13-9-12-20(4)11-8-10-19(2)3/h10,12,16,22-25,29H,7-9,11,13-15,17-18H2,1-6H3,(H,28,30)(H,31,32)/b20-12+,21-16+/t22-,24-,25?/m0/s1. The maximum atomic E-state index is 12.9. The zero-order valence-electron chi connectivity index (χ0n) is 22.8. The molecule has 1 unspecified atom stereocenters. The SMILES string of the molecule is CC[C@H](C)C(NS(=O)(=O)C1CC1)C(=O)N[C@@H](CSC/C=C(\C)CC/C=C(\C)CCC=C(C)C)C(=O)O. The number of thioether (sulfide) groups is 1. The van der Waals surface area contributed by atoms with E-state index in [4.69, 9.17) is 0 Å². The van der Waals surface area contributed by atoms with Crippen molar-refractivity contribution in [1.29, 1.82) is 0 Å². The maximum absolute atomic E-state index is 12.9. The van der Waals surface area contributed by atoms with E-state index >= 15 is 0 Å². The molecule has 1 amide bonds. The third-order valence-electron chi connectivity index (χ3n) is 6.32. The molecule has 7 nitrogen and oxygen atoms in total. The summed E-state index contributed by atoms with van der Waals surface area (Å²) in [5.41, 5.74) is 3.99. The number of aliphatic carboxylic acids is 1. The van der Waals surface area contributed by atoms with Crippen LogP contribution in [0.1, 0.15) is 86.5 Å². The Morgan fingerprint density at radius 1 is 1.03 bits per heavy atom. The van der Waals surface area contributed by atoms with Crippen molar-refractivity contribution in [3.05, 3.63) is 34.9 Å². The molecule has 1 aliphatic carbocycles. The van der Waals surface area contributed by atoms with Crippen LogP contribution in [-0.4, -0.2) is 54.2 Å². The number of hydrogen-bond donors (Lipinski definition) is 3. The molecule has 0 aromatic rings. The molecule has 0 saturated heterocycles. The molecule has 9 heteroatoms. The number of rotatable bonds is 18. The van der Waals surface area contributed by atoms with Crippen molar-refractivity contribution < 1.29 is 23.1 Å². The smallest absolute Gasteiger partial charge is 0.327 e. The highest BCUT2D eigenvalue weighted by Crippen LogP contribution is 2.28. The third-order valence-corrected chi connectivity index (χ3v) is 9.22. The number of hydrogen-bond acceptors (Lipinski definition) is 5. The summed E-state index contributed by atoms with van der Waals surface area (Å²) in [4.78, 5) is 24.6. The van der Waals surface area contributed by atoms with Crippen molar-refractivity contribution in [2.24, 2.45) is 5.92 Å². The second kappa shape index (κ2) is 16.3. The monoisotopic (exact) mass is 542 g/mol. The topological polar surface area (TPSA) is 113 Å². The highest BCUT2D eigenvalue weighted by atomic mass is 32.2. The Bertz CT molecular complexity index is 916. The van der Waals surface area contributed by atoms with Gasteiger partial charge in [-0.15, -0.1) is 0 Å². The van der Waals surface area contributed by atoms with Gasteiger partial charge in [0.05, 0.1) is 5.25 Å². The number of carboxylic acid groups (broad SMARTS) is 1. The normalized spacial score (nSPS) is 17.3. The van der Waals surface area contributed by atoms with Gasteiger partial charge in [0.2, 0.25) is 15.9 Å². The number of amides is 1. The average molecular weight is 543 g/mol. The predicted octanol–water partition coefficient (Wildman–Crippen LogP) is 5.20. The highest BCUT2D eigenvalue weighted by Gasteiger charge is 2.40. The number of nitrogens with one attached hydrogen (secondary N) is 2. The fourth-order valence-electron chi connectivity index (χ4n) is 3.48. The Hall–Kier alpha value is -1.58. The Balaban J connectivity index is 2.54. The number of carbonyl (C=O) groups is 2. The van der Waals surface area contributed by atoms with Crippen LogP contribution in [0, 0.1) is 5.92 Å². The largest absolute Gasteiger partial charge is 0.480 e. The van der Waals surface area contributed by atoms with Gasteiger partial charge in [-0.1, -0.05) is 55.2 Å². The summed E-state index contributed by atoms with van der Waals surface area (Å²) in [6.45, 7) is 12.1. The van der Waals surface area contributed by atoms with Gasteiger partial charge in [0.15, 0.2) is 0 Å². The summed E-state index contributed by atoms with van der Waals surface area (Å²) in [5, 5.41) is 11.7. The van der Waals surface area contributed by atoms with E-state index < -0.39 is 39.2 Å². The van der Waals surface area contributed by atoms with Crippen LogP contribution in [0.2, 0.25) is 0 Å². The van der Waals surface area contributed by atoms with E-state index in [0.717, 1.165) is 25.7 Å². The molecule has 0 heterocycles. The Morgan fingerprint density at radius 3 is 2.14 bits per heavy atom. The summed E-state index contributed by atoms with van der Waals surface area (Å²) in [6, 6.07) is -2.06. The second-order valence-electron chi connectivity index (χ2n) is 10.1. The quantitative estimate of drug-likeness (QED) is 0.162. The number of allylic oxidation sites excluding steroid dienone is 5. The molecular weight excluding hydrogens is 496 g/mol. The Labute approximate surface area is 222 Å². The average Bonchev–Trinajstić information content (AvgIpc) is 3.64. The molecule has 36 heavy (non-hydrogen) atoms. The molecule has 3 atom stereocenters. The van der Waals surface area contributed by atoms with Gasteiger partial charge in [-0.2, -0.15) is 11.8 Å². The van der Waals surface area contributed by atoms with Gasteiger partial charge in [0, 0.05) is 11.5 Å². The van der Waals surface area contributed by atoms with Gasteiger partial charge in [-0.3, -0.25) is 4.79 Å². The molecule has 206 valence electrons. The molecular formula is C27H46N2O5S2. The van der Waals surface area contributed by atoms with Crippen LogP contribution >= 0.6 is 11.8 Å². The van der Waals surface area contributed by atoms with E-state index in [2.05, 4.69) is 56.0 Å². The van der Waals surface area contributed by atoms with Crippen LogP contribution in [0.15, 0.2) is 34.9 Å². The molecule has 1 aliphatic rings.